The predicted octanol–water partition coefficient (Wildman–Crippen LogP) is 2.74. The highest BCUT2D eigenvalue weighted by molar-refractivity contribution is 4.86. The summed E-state index contributed by atoms with van der Waals surface area (Å²) in [5, 5.41) is 9.22. The Kier molecular flexibility index (Phi) is 3.09. The van der Waals surface area contributed by atoms with Gasteiger partial charge < -0.3 is 9.84 Å². The maximum atomic E-state index is 9.22. The predicted molar refractivity (Wildman–Crippen MR) is 60.7 cm³/mol. The lowest BCUT2D eigenvalue weighted by Crippen LogP contribution is -2.41. The summed E-state index contributed by atoms with van der Waals surface area (Å²) in [7, 11) is 0. The van der Waals surface area contributed by atoms with E-state index in [9.17, 15) is 5.11 Å². The molecule has 2 unspecified atom stereocenters. The van der Waals surface area contributed by atoms with Gasteiger partial charge in [-0.05, 0) is 43.4 Å². The Morgan fingerprint density at radius 3 is 2.27 bits per heavy atom. The van der Waals surface area contributed by atoms with E-state index in [4.69, 9.17) is 4.74 Å². The molecule has 0 amide bonds. The molecule has 0 aliphatic heterocycles. The van der Waals surface area contributed by atoms with E-state index in [1.165, 1.54) is 19.3 Å². The van der Waals surface area contributed by atoms with Crippen molar-refractivity contribution in [2.45, 2.75) is 71.2 Å². The summed E-state index contributed by atoms with van der Waals surface area (Å²) in [6.45, 7) is 7.01. The highest BCUT2D eigenvalue weighted by atomic mass is 16.5. The molecule has 2 saturated carbocycles. The fourth-order valence-electron chi connectivity index (χ4n) is 3.28. The van der Waals surface area contributed by atoms with Gasteiger partial charge in [0.1, 0.15) is 0 Å². The number of hydrogen-bond acceptors (Lipinski definition) is 2. The number of ether oxygens (including phenoxy) is 1. The van der Waals surface area contributed by atoms with Crippen molar-refractivity contribution >= 4 is 0 Å². The summed E-state index contributed by atoms with van der Waals surface area (Å²) >= 11 is 0. The molecule has 0 bridgehead atoms. The van der Waals surface area contributed by atoms with Crippen molar-refractivity contribution in [3.05, 3.63) is 0 Å². The van der Waals surface area contributed by atoms with E-state index in [0.717, 1.165) is 18.8 Å². The van der Waals surface area contributed by atoms with Gasteiger partial charge in [0.2, 0.25) is 0 Å². The summed E-state index contributed by atoms with van der Waals surface area (Å²) in [5.74, 6) is 0.781. The van der Waals surface area contributed by atoms with Gasteiger partial charge in [-0.1, -0.05) is 20.8 Å². The molecule has 2 nitrogen and oxygen atoms in total. The molecule has 0 spiro atoms. The van der Waals surface area contributed by atoms with Crippen LogP contribution in [-0.2, 0) is 4.74 Å². The van der Waals surface area contributed by atoms with Gasteiger partial charge >= 0.3 is 0 Å². The summed E-state index contributed by atoms with van der Waals surface area (Å²) in [5.41, 5.74) is 0.435. The second-order valence-electron chi connectivity index (χ2n) is 6.42. The van der Waals surface area contributed by atoms with Crippen molar-refractivity contribution in [1.82, 2.24) is 0 Å². The van der Waals surface area contributed by atoms with Crippen LogP contribution in [0.15, 0.2) is 0 Å². The zero-order valence-corrected chi connectivity index (χ0v) is 10.2. The van der Waals surface area contributed by atoms with Gasteiger partial charge in [0.25, 0.3) is 0 Å². The molecule has 0 aromatic heterocycles. The Morgan fingerprint density at radius 1 is 1.07 bits per heavy atom. The second-order valence-corrected chi connectivity index (χ2v) is 6.42. The molecule has 2 aliphatic rings. The smallest absolute Gasteiger partial charge is 0.0628 e. The summed E-state index contributed by atoms with van der Waals surface area (Å²) in [6, 6.07) is 0. The molecule has 2 aliphatic carbocycles. The SMILES string of the molecule is CC1CC(OC2CC(O)C2)CC(C)(C)C1. The van der Waals surface area contributed by atoms with Crippen molar-refractivity contribution in [2.24, 2.45) is 11.3 Å². The Balaban J connectivity index is 1.81. The van der Waals surface area contributed by atoms with E-state index in [-0.39, 0.29) is 6.10 Å². The van der Waals surface area contributed by atoms with Gasteiger partial charge in [0, 0.05) is 0 Å². The molecule has 0 aromatic rings. The van der Waals surface area contributed by atoms with E-state index in [2.05, 4.69) is 20.8 Å². The van der Waals surface area contributed by atoms with Gasteiger partial charge in [0.15, 0.2) is 0 Å². The lowest BCUT2D eigenvalue weighted by Gasteiger charge is -2.42. The fraction of sp³-hybridized carbons (Fsp3) is 1.00. The first-order valence-corrected chi connectivity index (χ1v) is 6.28. The summed E-state index contributed by atoms with van der Waals surface area (Å²) in [6.07, 6.45) is 6.09. The first kappa shape index (κ1) is 11.4. The van der Waals surface area contributed by atoms with Gasteiger partial charge in [-0.2, -0.15) is 0 Å². The number of hydrogen-bond donors (Lipinski definition) is 1. The highest BCUT2D eigenvalue weighted by Crippen LogP contribution is 2.41. The van der Waals surface area contributed by atoms with Crippen molar-refractivity contribution in [3.63, 3.8) is 0 Å². The molecule has 0 radical (unpaired) electrons. The van der Waals surface area contributed by atoms with Crippen LogP contribution in [0.3, 0.4) is 0 Å². The zero-order chi connectivity index (χ0) is 11.1. The molecule has 1 N–H and O–H groups in total. The molecular formula is C13H24O2. The molecule has 15 heavy (non-hydrogen) atoms. The molecule has 2 rings (SSSR count). The minimum atomic E-state index is -0.0935. The van der Waals surface area contributed by atoms with Crippen LogP contribution in [0.4, 0.5) is 0 Å². The van der Waals surface area contributed by atoms with Gasteiger partial charge in [-0.25, -0.2) is 0 Å². The average Bonchev–Trinajstić information content (AvgIpc) is 1.96. The number of aliphatic hydroxyl groups excluding tert-OH is 1. The fourth-order valence-corrected chi connectivity index (χ4v) is 3.28. The first-order valence-electron chi connectivity index (χ1n) is 6.28. The molecule has 2 fully saturated rings. The van der Waals surface area contributed by atoms with Crippen molar-refractivity contribution < 1.29 is 9.84 Å². The van der Waals surface area contributed by atoms with Crippen LogP contribution in [0.5, 0.6) is 0 Å². The summed E-state index contributed by atoms with van der Waals surface area (Å²) < 4.78 is 6.04. The van der Waals surface area contributed by atoms with E-state index in [1.807, 2.05) is 0 Å². The molecule has 2 heteroatoms. The molecule has 0 saturated heterocycles. The Bertz CT molecular complexity index is 219. The molecule has 88 valence electrons. The molecule has 0 heterocycles. The average molecular weight is 212 g/mol. The van der Waals surface area contributed by atoms with Crippen LogP contribution in [0.1, 0.15) is 52.9 Å². The largest absolute Gasteiger partial charge is 0.393 e. The van der Waals surface area contributed by atoms with Crippen LogP contribution < -0.4 is 0 Å². The monoisotopic (exact) mass is 212 g/mol. The van der Waals surface area contributed by atoms with Gasteiger partial charge in [-0.15, -0.1) is 0 Å². The van der Waals surface area contributed by atoms with Crippen LogP contribution in [-0.4, -0.2) is 23.4 Å². The quantitative estimate of drug-likeness (QED) is 0.762. The van der Waals surface area contributed by atoms with Gasteiger partial charge in [-0.3, -0.25) is 0 Å². The third-order valence-corrected chi connectivity index (χ3v) is 3.80. The standard InChI is InChI=1S/C13H24O2/c1-9-4-12(8-13(2,3)7-9)15-11-5-10(14)6-11/h9-12,14H,4-8H2,1-3H3. The Morgan fingerprint density at radius 2 is 1.73 bits per heavy atom. The Hall–Kier alpha value is -0.0800. The maximum absolute atomic E-state index is 9.22. The minimum Gasteiger partial charge on any atom is -0.393 e. The van der Waals surface area contributed by atoms with Crippen molar-refractivity contribution in [3.8, 4) is 0 Å². The lowest BCUT2D eigenvalue weighted by atomic mass is 9.71. The Labute approximate surface area is 93.0 Å². The van der Waals surface area contributed by atoms with Gasteiger partial charge in [0.05, 0.1) is 18.3 Å². The highest BCUT2D eigenvalue weighted by Gasteiger charge is 2.36. The molecule has 0 aromatic carbocycles. The maximum Gasteiger partial charge on any atom is 0.0628 e. The first-order chi connectivity index (χ1) is 6.94. The van der Waals surface area contributed by atoms with Crippen LogP contribution in [0, 0.1) is 11.3 Å². The minimum absolute atomic E-state index is 0.0935. The van der Waals surface area contributed by atoms with E-state index < -0.39 is 0 Å². The van der Waals surface area contributed by atoms with Crippen LogP contribution in [0.25, 0.3) is 0 Å². The van der Waals surface area contributed by atoms with Crippen molar-refractivity contribution in [1.29, 1.82) is 0 Å². The van der Waals surface area contributed by atoms with Crippen molar-refractivity contribution in [2.75, 3.05) is 0 Å². The second kappa shape index (κ2) is 4.06. The van der Waals surface area contributed by atoms with E-state index in [0.29, 0.717) is 17.6 Å². The van der Waals surface area contributed by atoms with Crippen LogP contribution in [0.2, 0.25) is 0 Å². The zero-order valence-electron chi connectivity index (χ0n) is 10.2. The third kappa shape index (κ3) is 2.94. The van der Waals surface area contributed by atoms with E-state index >= 15 is 0 Å². The number of rotatable bonds is 2. The third-order valence-electron chi connectivity index (χ3n) is 3.80. The van der Waals surface area contributed by atoms with Crippen LogP contribution >= 0.6 is 0 Å². The summed E-state index contributed by atoms with van der Waals surface area (Å²) in [4.78, 5) is 0. The lowest BCUT2D eigenvalue weighted by molar-refractivity contribution is -0.128. The number of aliphatic hydroxyl groups is 1. The van der Waals surface area contributed by atoms with E-state index in [1.54, 1.807) is 0 Å². The molecular weight excluding hydrogens is 188 g/mol. The molecule has 2 atom stereocenters. The topological polar surface area (TPSA) is 29.5 Å². The normalized spacial score (nSPS) is 44.8.